The number of nitrogens with two attached hydrogens (primary N) is 2. The lowest BCUT2D eigenvalue weighted by atomic mass is 9.75. The molecule has 0 amide bonds. The number of benzene rings is 1. The smallest absolute Gasteiger partial charge is 0.304 e. The maximum atomic E-state index is 11.0. The van der Waals surface area contributed by atoms with Crippen LogP contribution in [0.1, 0.15) is 96.0 Å². The Morgan fingerprint density at radius 2 is 1.78 bits per heavy atom. The number of ether oxygens (including phenoxy) is 1. The Hall–Kier alpha value is -2.62. The number of aliphatic carboxylic acids is 1. The zero-order valence-electron chi connectivity index (χ0n) is 22.1. The zero-order chi connectivity index (χ0) is 26.4. The molecule has 36 heavy (non-hydrogen) atoms. The van der Waals surface area contributed by atoms with Gasteiger partial charge in [0.1, 0.15) is 18.1 Å². The zero-order valence-corrected chi connectivity index (χ0v) is 22.1. The van der Waals surface area contributed by atoms with Crippen LogP contribution < -0.4 is 16.2 Å². The summed E-state index contributed by atoms with van der Waals surface area (Å²) in [5.74, 6) is 5.61. The van der Waals surface area contributed by atoms with Crippen molar-refractivity contribution in [2.24, 2.45) is 16.9 Å². The van der Waals surface area contributed by atoms with Gasteiger partial charge in [0, 0.05) is 0 Å². The molecular weight excluding hydrogens is 452 g/mol. The Morgan fingerprint density at radius 1 is 1.11 bits per heavy atom. The van der Waals surface area contributed by atoms with E-state index in [0.717, 1.165) is 37.0 Å². The Balaban J connectivity index is 0.000000388. The van der Waals surface area contributed by atoms with Crippen molar-refractivity contribution in [3.8, 4) is 17.6 Å². The van der Waals surface area contributed by atoms with Crippen molar-refractivity contribution in [2.75, 3.05) is 13.2 Å². The van der Waals surface area contributed by atoms with Crippen molar-refractivity contribution in [3.63, 3.8) is 0 Å². The van der Waals surface area contributed by atoms with Gasteiger partial charge in [-0.1, -0.05) is 43.4 Å². The summed E-state index contributed by atoms with van der Waals surface area (Å²) in [5.41, 5.74) is 13.6. The number of Topliss-reactive ketones (excluding diaryl/α,β-unsaturated/α-hetero) is 1. The number of ketones is 1. The van der Waals surface area contributed by atoms with Crippen molar-refractivity contribution < 1.29 is 19.4 Å². The number of rotatable bonds is 11. The number of carboxylic acid groups (broad SMARTS) is 1. The number of allylic oxidation sites excluding steroid dienone is 1. The fraction of sp³-hybridized carbons (Fsp3) is 0.600. The lowest BCUT2D eigenvalue weighted by Crippen LogP contribution is -2.28. The highest BCUT2D eigenvalue weighted by Crippen LogP contribution is 2.47. The van der Waals surface area contributed by atoms with Gasteiger partial charge < -0.3 is 21.3 Å². The molecular formula is C30H44N2O4. The normalized spacial score (nSPS) is 17.6. The van der Waals surface area contributed by atoms with E-state index in [1.165, 1.54) is 51.0 Å². The summed E-state index contributed by atoms with van der Waals surface area (Å²) in [7, 11) is 0. The van der Waals surface area contributed by atoms with Gasteiger partial charge in [0.2, 0.25) is 0 Å². The summed E-state index contributed by atoms with van der Waals surface area (Å²) < 4.78 is 6.00. The number of carbonyl (C=O) groups excluding carboxylic acids is 1. The summed E-state index contributed by atoms with van der Waals surface area (Å²) in [6.45, 7) is 4.60. The molecule has 0 heterocycles. The molecule has 2 aliphatic carbocycles. The first-order valence-corrected chi connectivity index (χ1v) is 13.3. The SMILES string of the molecule is CC#C[C@@H](CC(=O)O)c1ccc(OCC2=CC3(CCCC3)CCC2)cc1.CC(=O)[C@@H](N)CCCCN. The van der Waals surface area contributed by atoms with Crippen molar-refractivity contribution >= 4 is 11.8 Å². The molecule has 0 saturated heterocycles. The van der Waals surface area contributed by atoms with Crippen LogP contribution in [0.5, 0.6) is 5.75 Å². The van der Waals surface area contributed by atoms with Crippen LogP contribution in [-0.4, -0.2) is 36.1 Å². The monoisotopic (exact) mass is 496 g/mol. The van der Waals surface area contributed by atoms with Crippen LogP contribution in [0.2, 0.25) is 0 Å². The molecule has 1 saturated carbocycles. The van der Waals surface area contributed by atoms with Crippen LogP contribution >= 0.6 is 0 Å². The van der Waals surface area contributed by atoms with Crippen molar-refractivity contribution in [1.82, 2.24) is 0 Å². The van der Waals surface area contributed by atoms with Crippen LogP contribution in [0.25, 0.3) is 0 Å². The molecule has 0 bridgehead atoms. The van der Waals surface area contributed by atoms with Crippen molar-refractivity contribution in [1.29, 1.82) is 0 Å². The lowest BCUT2D eigenvalue weighted by molar-refractivity contribution is -0.137. The van der Waals surface area contributed by atoms with E-state index in [-0.39, 0.29) is 24.2 Å². The molecule has 1 aromatic carbocycles. The largest absolute Gasteiger partial charge is 0.489 e. The Bertz CT molecular complexity index is 921. The summed E-state index contributed by atoms with van der Waals surface area (Å²) in [4.78, 5) is 21.6. The Labute approximate surface area is 216 Å². The molecule has 1 fully saturated rings. The molecule has 1 spiro atoms. The van der Waals surface area contributed by atoms with Crippen molar-refractivity contribution in [3.05, 3.63) is 41.5 Å². The summed E-state index contributed by atoms with van der Waals surface area (Å²) in [6, 6.07) is 7.45. The number of hydrogen-bond acceptors (Lipinski definition) is 5. The van der Waals surface area contributed by atoms with Gasteiger partial charge in [-0.15, -0.1) is 5.92 Å². The highest BCUT2D eigenvalue weighted by atomic mass is 16.5. The molecule has 0 radical (unpaired) electrons. The maximum absolute atomic E-state index is 11.0. The van der Waals surface area contributed by atoms with Gasteiger partial charge in [-0.05, 0) is 94.0 Å². The van der Waals surface area contributed by atoms with E-state index in [2.05, 4.69) is 17.9 Å². The quantitative estimate of drug-likeness (QED) is 0.216. The second kappa shape index (κ2) is 15.5. The number of hydrogen-bond donors (Lipinski definition) is 3. The van der Waals surface area contributed by atoms with Crippen LogP contribution in [-0.2, 0) is 9.59 Å². The minimum Gasteiger partial charge on any atom is -0.489 e. The van der Waals surface area contributed by atoms with Gasteiger partial charge in [0.15, 0.2) is 0 Å². The minimum absolute atomic E-state index is 0.0238. The molecule has 0 aliphatic heterocycles. The van der Waals surface area contributed by atoms with Crippen LogP contribution in [0.4, 0.5) is 0 Å². The van der Waals surface area contributed by atoms with E-state index in [1.54, 1.807) is 6.92 Å². The third-order valence-corrected chi connectivity index (χ3v) is 7.18. The standard InChI is InChI=1S/C23H28O3.C7H16N2O/c1-2-6-20(15-22(24)25)19-8-10-21(11-9-19)26-17-18-7-5-14-23(16-18)12-3-4-13-23;1-6(10)7(9)4-2-3-5-8/h8-11,16,20H,3-5,7,12-15,17H2,1H3,(H,24,25);7H,2-5,8-9H2,1H3/t20-;7-/m00/s1. The average Bonchev–Trinajstić information content (AvgIpc) is 3.30. The van der Waals surface area contributed by atoms with E-state index >= 15 is 0 Å². The minimum atomic E-state index is -0.830. The van der Waals surface area contributed by atoms with E-state index < -0.39 is 5.97 Å². The molecule has 198 valence electrons. The molecule has 1 aromatic rings. The number of carbonyl (C=O) groups is 2. The lowest BCUT2D eigenvalue weighted by Gasteiger charge is -2.31. The number of carboxylic acids is 1. The van der Waals surface area contributed by atoms with Gasteiger partial charge in [0.25, 0.3) is 0 Å². The van der Waals surface area contributed by atoms with E-state index in [0.29, 0.717) is 18.6 Å². The highest BCUT2D eigenvalue weighted by Gasteiger charge is 2.33. The molecule has 2 aliphatic rings. The van der Waals surface area contributed by atoms with Crippen LogP contribution in [0.15, 0.2) is 35.9 Å². The Morgan fingerprint density at radius 3 is 2.36 bits per heavy atom. The maximum Gasteiger partial charge on any atom is 0.304 e. The average molecular weight is 497 g/mol. The molecule has 6 heteroatoms. The van der Waals surface area contributed by atoms with Gasteiger partial charge >= 0.3 is 5.97 Å². The van der Waals surface area contributed by atoms with E-state index in [1.807, 2.05) is 24.3 Å². The summed E-state index contributed by atoms with van der Waals surface area (Å²) in [5, 5.41) is 9.04. The van der Waals surface area contributed by atoms with Gasteiger partial charge in [-0.3, -0.25) is 9.59 Å². The predicted molar refractivity (Wildman–Crippen MR) is 145 cm³/mol. The van der Waals surface area contributed by atoms with Gasteiger partial charge in [-0.25, -0.2) is 0 Å². The first-order chi connectivity index (χ1) is 17.3. The third kappa shape index (κ3) is 10.2. The first-order valence-electron chi connectivity index (χ1n) is 13.3. The van der Waals surface area contributed by atoms with E-state index in [9.17, 15) is 9.59 Å². The molecule has 6 nitrogen and oxygen atoms in total. The third-order valence-electron chi connectivity index (χ3n) is 7.18. The molecule has 2 atom stereocenters. The van der Waals surface area contributed by atoms with Crippen molar-refractivity contribution in [2.45, 2.75) is 96.4 Å². The highest BCUT2D eigenvalue weighted by molar-refractivity contribution is 5.81. The second-order valence-corrected chi connectivity index (χ2v) is 10.1. The molecule has 5 N–H and O–H groups in total. The fourth-order valence-corrected chi connectivity index (χ4v) is 5.12. The Kier molecular flexibility index (Phi) is 12.7. The first kappa shape index (κ1) is 29.6. The van der Waals surface area contributed by atoms with E-state index in [4.69, 9.17) is 21.3 Å². The second-order valence-electron chi connectivity index (χ2n) is 10.1. The van der Waals surface area contributed by atoms with Crippen LogP contribution in [0, 0.1) is 17.3 Å². The van der Waals surface area contributed by atoms with Gasteiger partial charge in [0.05, 0.1) is 18.4 Å². The molecule has 0 unspecified atom stereocenters. The predicted octanol–water partition coefficient (Wildman–Crippen LogP) is 5.35. The number of unbranched alkanes of at least 4 members (excludes halogenated alkanes) is 1. The fourth-order valence-electron chi connectivity index (χ4n) is 5.12. The topological polar surface area (TPSA) is 116 Å². The molecule has 0 aromatic heterocycles. The summed E-state index contributed by atoms with van der Waals surface area (Å²) in [6.07, 6.45) is 14.4. The molecule has 3 rings (SSSR count). The van der Waals surface area contributed by atoms with Crippen LogP contribution in [0.3, 0.4) is 0 Å². The summed E-state index contributed by atoms with van der Waals surface area (Å²) >= 11 is 0. The van der Waals surface area contributed by atoms with Gasteiger partial charge in [-0.2, -0.15) is 0 Å².